The first-order valence-corrected chi connectivity index (χ1v) is 5.83. The van der Waals surface area contributed by atoms with Crippen molar-refractivity contribution in [2.75, 3.05) is 0 Å². The van der Waals surface area contributed by atoms with Crippen molar-refractivity contribution in [2.24, 2.45) is 0 Å². The Hall–Kier alpha value is -1.75. The molecule has 5 heteroatoms. The SMILES string of the molecule is Cc1nc(-c2cc(C(=O)O)c(F)cc2C)cs1. The average Bonchev–Trinajstić information content (AvgIpc) is 2.64. The van der Waals surface area contributed by atoms with Gasteiger partial charge in [-0.15, -0.1) is 11.3 Å². The second kappa shape index (κ2) is 4.25. The number of halogens is 1. The maximum Gasteiger partial charge on any atom is 0.338 e. The molecule has 88 valence electrons. The van der Waals surface area contributed by atoms with Crippen LogP contribution >= 0.6 is 11.3 Å². The molecule has 1 aromatic heterocycles. The Morgan fingerprint density at radius 1 is 1.41 bits per heavy atom. The number of carboxylic acids is 1. The van der Waals surface area contributed by atoms with Gasteiger partial charge in [-0.25, -0.2) is 14.2 Å². The summed E-state index contributed by atoms with van der Waals surface area (Å²) in [7, 11) is 0. The molecule has 2 rings (SSSR count). The lowest BCUT2D eigenvalue weighted by atomic mass is 10.0. The summed E-state index contributed by atoms with van der Waals surface area (Å²) in [5, 5.41) is 11.6. The van der Waals surface area contributed by atoms with Gasteiger partial charge in [0.25, 0.3) is 0 Å². The van der Waals surface area contributed by atoms with Crippen LogP contribution in [-0.4, -0.2) is 16.1 Å². The van der Waals surface area contributed by atoms with Crippen LogP contribution in [0, 0.1) is 19.7 Å². The van der Waals surface area contributed by atoms with Crippen LogP contribution in [-0.2, 0) is 0 Å². The van der Waals surface area contributed by atoms with Gasteiger partial charge in [0, 0.05) is 10.9 Å². The first-order valence-electron chi connectivity index (χ1n) is 4.95. The fourth-order valence-corrected chi connectivity index (χ4v) is 2.21. The lowest BCUT2D eigenvalue weighted by molar-refractivity contribution is 0.0692. The molecule has 0 bridgehead atoms. The van der Waals surface area contributed by atoms with Crippen molar-refractivity contribution >= 4 is 17.3 Å². The van der Waals surface area contributed by atoms with Crippen LogP contribution in [0.4, 0.5) is 4.39 Å². The highest BCUT2D eigenvalue weighted by Crippen LogP contribution is 2.27. The van der Waals surface area contributed by atoms with Crippen molar-refractivity contribution in [3.8, 4) is 11.3 Å². The van der Waals surface area contributed by atoms with E-state index in [1.165, 1.54) is 23.5 Å². The summed E-state index contributed by atoms with van der Waals surface area (Å²) in [4.78, 5) is 15.1. The molecule has 0 aliphatic rings. The molecule has 1 N–H and O–H groups in total. The minimum atomic E-state index is -1.27. The van der Waals surface area contributed by atoms with Crippen LogP contribution < -0.4 is 0 Å². The van der Waals surface area contributed by atoms with Gasteiger partial charge >= 0.3 is 5.97 Å². The largest absolute Gasteiger partial charge is 0.478 e. The molecule has 3 nitrogen and oxygen atoms in total. The molecule has 0 aliphatic heterocycles. The third kappa shape index (κ3) is 2.19. The minimum absolute atomic E-state index is 0.323. The quantitative estimate of drug-likeness (QED) is 0.891. The van der Waals surface area contributed by atoms with Crippen LogP contribution in [0.25, 0.3) is 11.3 Å². The molecule has 17 heavy (non-hydrogen) atoms. The molecule has 2 aromatic rings. The summed E-state index contributed by atoms with van der Waals surface area (Å²) in [5.74, 6) is -1.98. The van der Waals surface area contributed by atoms with E-state index < -0.39 is 11.8 Å². The maximum absolute atomic E-state index is 13.4. The highest BCUT2D eigenvalue weighted by molar-refractivity contribution is 7.09. The fourth-order valence-electron chi connectivity index (χ4n) is 1.60. The fraction of sp³-hybridized carbons (Fsp3) is 0.167. The average molecular weight is 251 g/mol. The topological polar surface area (TPSA) is 50.2 Å². The van der Waals surface area contributed by atoms with Gasteiger partial charge in [-0.1, -0.05) is 0 Å². The van der Waals surface area contributed by atoms with E-state index in [0.29, 0.717) is 16.8 Å². The van der Waals surface area contributed by atoms with Crippen molar-refractivity contribution in [3.63, 3.8) is 0 Å². The molecule has 0 unspecified atom stereocenters. The molecular weight excluding hydrogens is 241 g/mol. The maximum atomic E-state index is 13.4. The number of hydrogen-bond donors (Lipinski definition) is 1. The van der Waals surface area contributed by atoms with Crippen LogP contribution in [0.1, 0.15) is 20.9 Å². The van der Waals surface area contributed by atoms with E-state index in [4.69, 9.17) is 5.11 Å². The Morgan fingerprint density at radius 2 is 2.12 bits per heavy atom. The summed E-state index contributed by atoms with van der Waals surface area (Å²) in [6.07, 6.45) is 0. The minimum Gasteiger partial charge on any atom is -0.478 e. The number of rotatable bonds is 2. The lowest BCUT2D eigenvalue weighted by Crippen LogP contribution is -2.02. The third-order valence-corrected chi connectivity index (χ3v) is 3.21. The molecule has 1 heterocycles. The molecule has 0 saturated carbocycles. The zero-order chi connectivity index (χ0) is 12.6. The predicted octanol–water partition coefficient (Wildman–Crippen LogP) is 3.26. The standard InChI is InChI=1S/C12H10FNO2S/c1-6-3-10(13)9(12(15)16)4-8(6)11-5-17-7(2)14-11/h3-5H,1-2H3,(H,15,16). The van der Waals surface area contributed by atoms with Crippen LogP contribution in [0.2, 0.25) is 0 Å². The smallest absolute Gasteiger partial charge is 0.338 e. The van der Waals surface area contributed by atoms with Gasteiger partial charge in [-0.3, -0.25) is 0 Å². The van der Waals surface area contributed by atoms with E-state index in [1.54, 1.807) is 6.92 Å². The molecule has 0 saturated heterocycles. The summed E-state index contributed by atoms with van der Waals surface area (Å²) in [5.41, 5.74) is 1.70. The van der Waals surface area contributed by atoms with Gasteiger partial charge in [-0.05, 0) is 31.5 Å². The normalized spacial score (nSPS) is 10.5. The monoisotopic (exact) mass is 251 g/mol. The Bertz CT molecular complexity index is 592. The van der Waals surface area contributed by atoms with Crippen LogP contribution in [0.15, 0.2) is 17.5 Å². The number of carboxylic acid groups (broad SMARTS) is 1. The van der Waals surface area contributed by atoms with E-state index in [-0.39, 0.29) is 5.56 Å². The van der Waals surface area contributed by atoms with Gasteiger partial charge in [0.15, 0.2) is 0 Å². The highest BCUT2D eigenvalue weighted by Gasteiger charge is 2.15. The second-order valence-corrected chi connectivity index (χ2v) is 4.77. The summed E-state index contributed by atoms with van der Waals surface area (Å²) in [6.45, 7) is 3.60. The molecule has 0 radical (unpaired) electrons. The number of benzene rings is 1. The molecule has 0 atom stereocenters. The Kier molecular flexibility index (Phi) is 2.93. The van der Waals surface area contributed by atoms with E-state index in [9.17, 15) is 9.18 Å². The highest BCUT2D eigenvalue weighted by atomic mass is 32.1. The number of hydrogen-bond acceptors (Lipinski definition) is 3. The van der Waals surface area contributed by atoms with Gasteiger partial charge < -0.3 is 5.11 Å². The molecule has 0 spiro atoms. The molecule has 0 aliphatic carbocycles. The van der Waals surface area contributed by atoms with Gasteiger partial charge in [0.2, 0.25) is 0 Å². The van der Waals surface area contributed by atoms with Crippen LogP contribution in [0.3, 0.4) is 0 Å². The second-order valence-electron chi connectivity index (χ2n) is 3.70. The van der Waals surface area contributed by atoms with E-state index in [2.05, 4.69) is 4.98 Å². The third-order valence-electron chi connectivity index (χ3n) is 2.44. The first kappa shape index (κ1) is 11.7. The Balaban J connectivity index is 2.62. The van der Waals surface area contributed by atoms with Crippen LogP contribution in [0.5, 0.6) is 0 Å². The van der Waals surface area contributed by atoms with Gasteiger partial charge in [0.1, 0.15) is 5.82 Å². The van der Waals surface area contributed by atoms with Crippen molar-refractivity contribution in [2.45, 2.75) is 13.8 Å². The number of carbonyl (C=O) groups is 1. The van der Waals surface area contributed by atoms with E-state index in [0.717, 1.165) is 5.01 Å². The number of aryl methyl sites for hydroxylation is 2. The van der Waals surface area contributed by atoms with Gasteiger partial charge in [-0.2, -0.15) is 0 Å². The molecule has 1 aromatic carbocycles. The van der Waals surface area contributed by atoms with Crippen molar-refractivity contribution < 1.29 is 14.3 Å². The number of aromatic carboxylic acids is 1. The zero-order valence-electron chi connectivity index (χ0n) is 9.32. The molecule has 0 amide bonds. The summed E-state index contributed by atoms with van der Waals surface area (Å²) in [6, 6.07) is 2.56. The van der Waals surface area contributed by atoms with Crippen molar-refractivity contribution in [3.05, 3.63) is 39.5 Å². The molecule has 0 fully saturated rings. The Morgan fingerprint density at radius 3 is 2.65 bits per heavy atom. The van der Waals surface area contributed by atoms with Crippen molar-refractivity contribution in [1.82, 2.24) is 4.98 Å². The summed E-state index contributed by atoms with van der Waals surface area (Å²) >= 11 is 1.47. The van der Waals surface area contributed by atoms with Gasteiger partial charge in [0.05, 0.1) is 16.3 Å². The van der Waals surface area contributed by atoms with Crippen molar-refractivity contribution in [1.29, 1.82) is 0 Å². The lowest BCUT2D eigenvalue weighted by Gasteiger charge is -2.05. The number of nitrogens with zero attached hydrogens (tertiary/aromatic N) is 1. The zero-order valence-corrected chi connectivity index (χ0v) is 10.1. The van der Waals surface area contributed by atoms with E-state index >= 15 is 0 Å². The van der Waals surface area contributed by atoms with E-state index in [1.807, 2.05) is 12.3 Å². The Labute approximate surface area is 102 Å². The molecular formula is C12H10FNO2S. The number of aromatic nitrogens is 1. The first-order chi connectivity index (χ1) is 7.99. The number of thiazole rings is 1. The predicted molar refractivity (Wildman–Crippen MR) is 63.9 cm³/mol. The summed E-state index contributed by atoms with van der Waals surface area (Å²) < 4.78 is 13.4.